The molecule has 2 aromatic heterocycles. The standard InChI is InChI=1S/C15H18N4O3/c1-21-13-11-10(4-3-5-17-11)14(18-12(13)15(20)22-2)19-8-6-16-7-9-19/h3-5,16H,6-9H2,1-2H3. The molecule has 3 heterocycles. The molecule has 3 rings (SSSR count). The van der Waals surface area contributed by atoms with Gasteiger partial charge < -0.3 is 19.7 Å². The number of fused-ring (bicyclic) bond motifs is 1. The van der Waals surface area contributed by atoms with E-state index in [0.29, 0.717) is 11.3 Å². The number of methoxy groups -OCH3 is 2. The number of hydrogen-bond acceptors (Lipinski definition) is 7. The van der Waals surface area contributed by atoms with Crippen LogP contribution in [0, 0.1) is 0 Å². The van der Waals surface area contributed by atoms with Gasteiger partial charge in [-0.05, 0) is 12.1 Å². The summed E-state index contributed by atoms with van der Waals surface area (Å²) in [7, 11) is 2.83. The summed E-state index contributed by atoms with van der Waals surface area (Å²) in [5.74, 6) is 0.563. The molecule has 1 fully saturated rings. The number of hydrogen-bond donors (Lipinski definition) is 1. The second-order valence-corrected chi connectivity index (χ2v) is 4.95. The first-order valence-corrected chi connectivity index (χ1v) is 7.13. The highest BCUT2D eigenvalue weighted by molar-refractivity contribution is 6.02. The molecule has 116 valence electrons. The Hall–Kier alpha value is -2.41. The number of rotatable bonds is 3. The number of aromatic nitrogens is 2. The molecule has 22 heavy (non-hydrogen) atoms. The minimum absolute atomic E-state index is 0.157. The Kier molecular flexibility index (Phi) is 4.06. The highest BCUT2D eigenvalue weighted by atomic mass is 16.5. The number of esters is 1. The number of nitrogens with zero attached hydrogens (tertiary/aromatic N) is 3. The molecule has 0 atom stereocenters. The minimum atomic E-state index is -0.527. The van der Waals surface area contributed by atoms with Crippen LogP contribution in [0.5, 0.6) is 5.75 Å². The first-order chi connectivity index (χ1) is 10.8. The lowest BCUT2D eigenvalue weighted by molar-refractivity contribution is 0.0590. The first kappa shape index (κ1) is 14.5. The van der Waals surface area contributed by atoms with Crippen molar-refractivity contribution >= 4 is 22.7 Å². The maximum atomic E-state index is 12.0. The normalized spacial score (nSPS) is 14.9. The molecule has 0 amide bonds. The van der Waals surface area contributed by atoms with Gasteiger partial charge in [0.1, 0.15) is 11.3 Å². The number of piperazine rings is 1. The number of carbonyl (C=O) groups is 1. The molecule has 0 aliphatic carbocycles. The Morgan fingerprint density at radius 3 is 2.77 bits per heavy atom. The van der Waals surface area contributed by atoms with E-state index in [1.807, 2.05) is 12.1 Å². The molecular weight excluding hydrogens is 284 g/mol. The summed E-state index contributed by atoms with van der Waals surface area (Å²) in [5.41, 5.74) is 0.777. The van der Waals surface area contributed by atoms with Crippen LogP contribution in [0.3, 0.4) is 0 Å². The number of anilines is 1. The van der Waals surface area contributed by atoms with Crippen LogP contribution < -0.4 is 15.0 Å². The number of carbonyl (C=O) groups excluding carboxylic acids is 1. The van der Waals surface area contributed by atoms with E-state index in [2.05, 4.69) is 20.2 Å². The van der Waals surface area contributed by atoms with E-state index >= 15 is 0 Å². The molecule has 1 aliphatic heterocycles. The van der Waals surface area contributed by atoms with Crippen LogP contribution in [-0.4, -0.2) is 56.3 Å². The van der Waals surface area contributed by atoms with E-state index in [1.165, 1.54) is 14.2 Å². The summed E-state index contributed by atoms with van der Waals surface area (Å²) < 4.78 is 10.2. The van der Waals surface area contributed by atoms with Gasteiger partial charge in [-0.2, -0.15) is 0 Å². The van der Waals surface area contributed by atoms with Gasteiger partial charge >= 0.3 is 5.97 Å². The molecule has 7 heteroatoms. The Morgan fingerprint density at radius 2 is 2.09 bits per heavy atom. The van der Waals surface area contributed by atoms with Gasteiger partial charge in [0.05, 0.1) is 14.2 Å². The summed E-state index contributed by atoms with van der Waals surface area (Å²) in [6.07, 6.45) is 1.67. The van der Waals surface area contributed by atoms with Gasteiger partial charge in [-0.25, -0.2) is 9.78 Å². The minimum Gasteiger partial charge on any atom is -0.492 e. The zero-order valence-electron chi connectivity index (χ0n) is 12.6. The van der Waals surface area contributed by atoms with E-state index in [4.69, 9.17) is 9.47 Å². The average molecular weight is 302 g/mol. The predicted octanol–water partition coefficient (Wildman–Crippen LogP) is 0.835. The van der Waals surface area contributed by atoms with Gasteiger partial charge in [0, 0.05) is 37.8 Å². The van der Waals surface area contributed by atoms with Crippen LogP contribution in [0.25, 0.3) is 10.9 Å². The van der Waals surface area contributed by atoms with Crippen LogP contribution in [0.1, 0.15) is 10.5 Å². The molecule has 0 spiro atoms. The van der Waals surface area contributed by atoms with Crippen molar-refractivity contribution in [1.29, 1.82) is 0 Å². The number of pyridine rings is 2. The van der Waals surface area contributed by atoms with Gasteiger partial charge in [0.25, 0.3) is 0 Å². The summed E-state index contributed by atoms with van der Waals surface area (Å²) in [6.45, 7) is 3.40. The van der Waals surface area contributed by atoms with Crippen molar-refractivity contribution in [2.24, 2.45) is 0 Å². The lowest BCUT2D eigenvalue weighted by Gasteiger charge is -2.29. The van der Waals surface area contributed by atoms with Crippen LogP contribution in [0.15, 0.2) is 18.3 Å². The topological polar surface area (TPSA) is 76.6 Å². The largest absolute Gasteiger partial charge is 0.492 e. The van der Waals surface area contributed by atoms with Crippen molar-refractivity contribution < 1.29 is 14.3 Å². The van der Waals surface area contributed by atoms with Crippen molar-refractivity contribution in [3.05, 3.63) is 24.0 Å². The van der Waals surface area contributed by atoms with Gasteiger partial charge in [-0.1, -0.05) is 0 Å². The maximum Gasteiger partial charge on any atom is 0.360 e. The van der Waals surface area contributed by atoms with Crippen molar-refractivity contribution in [1.82, 2.24) is 15.3 Å². The van der Waals surface area contributed by atoms with Crippen molar-refractivity contribution in [3.8, 4) is 5.75 Å². The molecule has 0 bridgehead atoms. The summed E-state index contributed by atoms with van der Waals surface area (Å²) in [4.78, 5) is 23.1. The molecule has 0 aromatic carbocycles. The predicted molar refractivity (Wildman–Crippen MR) is 82.5 cm³/mol. The van der Waals surface area contributed by atoms with E-state index < -0.39 is 5.97 Å². The zero-order chi connectivity index (χ0) is 15.5. The monoisotopic (exact) mass is 302 g/mol. The van der Waals surface area contributed by atoms with Crippen LogP contribution in [-0.2, 0) is 4.74 Å². The van der Waals surface area contributed by atoms with E-state index in [-0.39, 0.29) is 5.69 Å². The molecule has 7 nitrogen and oxygen atoms in total. The fraction of sp³-hybridized carbons (Fsp3) is 0.400. The van der Waals surface area contributed by atoms with Gasteiger partial charge in [-0.3, -0.25) is 4.98 Å². The molecule has 0 radical (unpaired) electrons. The van der Waals surface area contributed by atoms with Gasteiger partial charge in [0.2, 0.25) is 0 Å². The van der Waals surface area contributed by atoms with Crippen LogP contribution in [0.2, 0.25) is 0 Å². The highest BCUT2D eigenvalue weighted by Crippen LogP contribution is 2.33. The second kappa shape index (κ2) is 6.15. The Balaban J connectivity index is 2.24. The van der Waals surface area contributed by atoms with Crippen LogP contribution in [0.4, 0.5) is 5.82 Å². The second-order valence-electron chi connectivity index (χ2n) is 4.95. The third-order valence-corrected chi connectivity index (χ3v) is 3.70. The summed E-state index contributed by atoms with van der Waals surface area (Å²) in [5, 5.41) is 4.17. The summed E-state index contributed by atoms with van der Waals surface area (Å²) in [6, 6.07) is 3.79. The molecule has 1 saturated heterocycles. The molecule has 0 saturated carbocycles. The molecule has 1 N–H and O–H groups in total. The number of ether oxygens (including phenoxy) is 2. The van der Waals surface area contributed by atoms with Gasteiger partial charge in [0.15, 0.2) is 11.4 Å². The third kappa shape index (κ3) is 2.43. The maximum absolute atomic E-state index is 12.0. The van der Waals surface area contributed by atoms with Crippen LogP contribution >= 0.6 is 0 Å². The molecule has 0 unspecified atom stereocenters. The van der Waals surface area contributed by atoms with Gasteiger partial charge in [-0.15, -0.1) is 0 Å². The van der Waals surface area contributed by atoms with Crippen molar-refractivity contribution in [2.75, 3.05) is 45.3 Å². The molecular formula is C15H18N4O3. The van der Waals surface area contributed by atoms with E-state index in [9.17, 15) is 4.79 Å². The SMILES string of the molecule is COC(=O)c1nc(N2CCNCC2)c2cccnc2c1OC. The molecule has 2 aromatic rings. The van der Waals surface area contributed by atoms with Crippen molar-refractivity contribution in [3.63, 3.8) is 0 Å². The molecule has 1 aliphatic rings. The average Bonchev–Trinajstić information content (AvgIpc) is 2.60. The first-order valence-electron chi connectivity index (χ1n) is 7.13. The summed E-state index contributed by atoms with van der Waals surface area (Å²) >= 11 is 0. The Morgan fingerprint density at radius 1 is 1.32 bits per heavy atom. The fourth-order valence-corrected chi connectivity index (χ4v) is 2.64. The lowest BCUT2D eigenvalue weighted by atomic mass is 10.1. The van der Waals surface area contributed by atoms with E-state index in [0.717, 1.165) is 37.4 Å². The quantitative estimate of drug-likeness (QED) is 0.842. The fourth-order valence-electron chi connectivity index (χ4n) is 2.64. The zero-order valence-corrected chi connectivity index (χ0v) is 12.6. The lowest BCUT2D eigenvalue weighted by Crippen LogP contribution is -2.44. The van der Waals surface area contributed by atoms with E-state index in [1.54, 1.807) is 6.20 Å². The Labute approximate surface area is 128 Å². The van der Waals surface area contributed by atoms with Crippen molar-refractivity contribution in [2.45, 2.75) is 0 Å². The third-order valence-electron chi connectivity index (χ3n) is 3.70. The smallest absolute Gasteiger partial charge is 0.360 e. The highest BCUT2D eigenvalue weighted by Gasteiger charge is 2.24. The Bertz CT molecular complexity index is 698. The number of nitrogens with one attached hydrogen (secondary N) is 1.